The summed E-state index contributed by atoms with van der Waals surface area (Å²) >= 11 is 1.66. The van der Waals surface area contributed by atoms with Crippen molar-refractivity contribution in [3.8, 4) is 11.5 Å². The van der Waals surface area contributed by atoms with Crippen molar-refractivity contribution in [3.63, 3.8) is 0 Å². The second-order valence-electron chi connectivity index (χ2n) is 6.59. The lowest BCUT2D eigenvalue weighted by molar-refractivity contribution is -0.119. The van der Waals surface area contributed by atoms with Gasteiger partial charge in [0.1, 0.15) is 17.3 Å². The molecule has 0 saturated carbocycles. The van der Waals surface area contributed by atoms with Gasteiger partial charge in [0.25, 0.3) is 0 Å². The number of benzene rings is 2. The number of anilines is 1. The van der Waals surface area contributed by atoms with Crippen molar-refractivity contribution in [3.05, 3.63) is 77.9 Å². The SMILES string of the molecule is O=C(Cc1ccccc1)NC(=O)Nc1ccc(Oc2ccnc3c2SCC3)cc1F. The number of thioether (sulfide) groups is 1. The molecule has 2 N–H and O–H groups in total. The molecule has 1 aromatic heterocycles. The highest BCUT2D eigenvalue weighted by atomic mass is 32.2. The van der Waals surface area contributed by atoms with Gasteiger partial charge in [-0.15, -0.1) is 11.8 Å². The van der Waals surface area contributed by atoms with Gasteiger partial charge in [-0.1, -0.05) is 30.3 Å². The third-order valence-electron chi connectivity index (χ3n) is 4.40. The zero-order valence-electron chi connectivity index (χ0n) is 15.9. The van der Waals surface area contributed by atoms with Crippen molar-refractivity contribution in [1.29, 1.82) is 0 Å². The van der Waals surface area contributed by atoms with Gasteiger partial charge in [0.2, 0.25) is 5.91 Å². The van der Waals surface area contributed by atoms with E-state index in [1.165, 1.54) is 12.1 Å². The first-order valence-electron chi connectivity index (χ1n) is 9.31. The van der Waals surface area contributed by atoms with Gasteiger partial charge >= 0.3 is 6.03 Å². The molecule has 152 valence electrons. The van der Waals surface area contributed by atoms with Crippen molar-refractivity contribution in [2.24, 2.45) is 0 Å². The van der Waals surface area contributed by atoms with Crippen LogP contribution in [0.1, 0.15) is 11.3 Å². The third-order valence-corrected chi connectivity index (χ3v) is 5.54. The number of amides is 3. The average Bonchev–Trinajstić information content (AvgIpc) is 3.20. The highest BCUT2D eigenvalue weighted by Gasteiger charge is 2.18. The number of carbonyl (C=O) groups excluding carboxylic acids is 2. The quantitative estimate of drug-likeness (QED) is 0.629. The van der Waals surface area contributed by atoms with E-state index in [0.717, 1.165) is 28.3 Å². The molecule has 2 heterocycles. The zero-order chi connectivity index (χ0) is 20.9. The minimum absolute atomic E-state index is 0.0534. The molecule has 0 bridgehead atoms. The summed E-state index contributed by atoms with van der Waals surface area (Å²) in [6.07, 6.45) is 2.60. The number of hydrogen-bond donors (Lipinski definition) is 2. The summed E-state index contributed by atoms with van der Waals surface area (Å²) in [6, 6.07) is 14.1. The molecule has 3 aromatic rings. The van der Waals surface area contributed by atoms with Gasteiger partial charge < -0.3 is 10.1 Å². The Morgan fingerprint density at radius 2 is 1.97 bits per heavy atom. The predicted octanol–water partition coefficient (Wildman–Crippen LogP) is 4.55. The minimum atomic E-state index is -0.799. The Morgan fingerprint density at radius 1 is 1.13 bits per heavy atom. The van der Waals surface area contributed by atoms with E-state index in [-0.39, 0.29) is 12.1 Å². The van der Waals surface area contributed by atoms with E-state index in [2.05, 4.69) is 15.6 Å². The molecule has 0 aliphatic carbocycles. The van der Waals surface area contributed by atoms with Crippen LogP contribution in [0.3, 0.4) is 0 Å². The van der Waals surface area contributed by atoms with Crippen LogP contribution in [0.25, 0.3) is 0 Å². The number of imide groups is 1. The largest absolute Gasteiger partial charge is 0.456 e. The number of pyridine rings is 1. The van der Waals surface area contributed by atoms with Gasteiger partial charge in [-0.25, -0.2) is 9.18 Å². The summed E-state index contributed by atoms with van der Waals surface area (Å²) in [7, 11) is 0. The highest BCUT2D eigenvalue weighted by molar-refractivity contribution is 7.99. The van der Waals surface area contributed by atoms with Crippen LogP contribution in [-0.4, -0.2) is 22.7 Å². The summed E-state index contributed by atoms with van der Waals surface area (Å²) in [6.45, 7) is 0. The van der Waals surface area contributed by atoms with Crippen LogP contribution in [0, 0.1) is 5.82 Å². The fourth-order valence-corrected chi connectivity index (χ4v) is 4.10. The number of halogens is 1. The van der Waals surface area contributed by atoms with Gasteiger partial charge in [0, 0.05) is 30.5 Å². The molecular weight excluding hydrogens is 405 g/mol. The summed E-state index contributed by atoms with van der Waals surface area (Å²) in [5, 5.41) is 4.53. The van der Waals surface area contributed by atoms with Crippen molar-refractivity contribution in [2.45, 2.75) is 17.7 Å². The maximum absolute atomic E-state index is 14.4. The second kappa shape index (κ2) is 8.96. The first-order chi connectivity index (χ1) is 14.6. The van der Waals surface area contributed by atoms with E-state index >= 15 is 0 Å². The fourth-order valence-electron chi connectivity index (χ4n) is 3.03. The monoisotopic (exact) mass is 423 g/mol. The topological polar surface area (TPSA) is 80.3 Å². The normalized spacial score (nSPS) is 12.2. The molecule has 3 amide bonds. The van der Waals surface area contributed by atoms with Gasteiger partial charge in [-0.05, 0) is 17.7 Å². The van der Waals surface area contributed by atoms with E-state index in [1.54, 1.807) is 54.4 Å². The number of hydrogen-bond acceptors (Lipinski definition) is 5. The van der Waals surface area contributed by atoms with Crippen LogP contribution in [0.5, 0.6) is 11.5 Å². The third kappa shape index (κ3) is 4.77. The molecule has 2 aromatic carbocycles. The first-order valence-corrected chi connectivity index (χ1v) is 10.3. The number of urea groups is 1. The van der Waals surface area contributed by atoms with Crippen LogP contribution in [0.2, 0.25) is 0 Å². The number of aromatic nitrogens is 1. The number of rotatable bonds is 5. The molecule has 0 saturated heterocycles. The number of fused-ring (bicyclic) bond motifs is 1. The maximum atomic E-state index is 14.4. The molecule has 0 spiro atoms. The molecule has 0 atom stereocenters. The summed E-state index contributed by atoms with van der Waals surface area (Å²) in [5.74, 6) is 0.726. The molecule has 8 heteroatoms. The molecule has 6 nitrogen and oxygen atoms in total. The van der Waals surface area contributed by atoms with E-state index < -0.39 is 17.8 Å². The Kier molecular flexibility index (Phi) is 5.94. The van der Waals surface area contributed by atoms with Gasteiger partial charge in [-0.3, -0.25) is 15.1 Å². The molecular formula is C22H18FN3O3S. The first kappa shape index (κ1) is 19.9. The van der Waals surface area contributed by atoms with Crippen LogP contribution >= 0.6 is 11.8 Å². The highest BCUT2D eigenvalue weighted by Crippen LogP contribution is 2.39. The van der Waals surface area contributed by atoms with Gasteiger partial charge in [0.05, 0.1) is 22.7 Å². The summed E-state index contributed by atoms with van der Waals surface area (Å²) in [5.41, 5.74) is 1.70. The van der Waals surface area contributed by atoms with Crippen molar-refractivity contribution < 1.29 is 18.7 Å². The van der Waals surface area contributed by atoms with Crippen molar-refractivity contribution in [1.82, 2.24) is 10.3 Å². The standard InChI is InChI=1S/C22H18FN3O3S/c23-16-13-15(29-19-8-10-24-18-9-11-30-21(18)19)6-7-17(16)25-22(28)26-20(27)12-14-4-2-1-3-5-14/h1-8,10,13H,9,11-12H2,(H2,25,26,27,28). The van der Waals surface area contributed by atoms with E-state index in [0.29, 0.717) is 11.5 Å². The number of aryl methyl sites for hydroxylation is 1. The van der Waals surface area contributed by atoms with Crippen LogP contribution in [0.15, 0.2) is 65.7 Å². The van der Waals surface area contributed by atoms with Crippen LogP contribution in [-0.2, 0) is 17.6 Å². The number of nitrogens with one attached hydrogen (secondary N) is 2. The van der Waals surface area contributed by atoms with E-state index in [9.17, 15) is 14.0 Å². The lowest BCUT2D eigenvalue weighted by atomic mass is 10.1. The molecule has 0 unspecified atom stereocenters. The smallest absolute Gasteiger partial charge is 0.325 e. The van der Waals surface area contributed by atoms with Crippen LogP contribution < -0.4 is 15.4 Å². The maximum Gasteiger partial charge on any atom is 0.325 e. The Balaban J connectivity index is 1.37. The zero-order valence-corrected chi connectivity index (χ0v) is 16.7. The Morgan fingerprint density at radius 3 is 2.77 bits per heavy atom. The molecule has 1 aliphatic heterocycles. The number of ether oxygens (including phenoxy) is 1. The van der Waals surface area contributed by atoms with Crippen molar-refractivity contribution in [2.75, 3.05) is 11.1 Å². The molecule has 30 heavy (non-hydrogen) atoms. The Bertz CT molecular complexity index is 1090. The Hall–Kier alpha value is -3.39. The average molecular weight is 423 g/mol. The van der Waals surface area contributed by atoms with E-state index in [1.807, 2.05) is 6.07 Å². The van der Waals surface area contributed by atoms with Crippen molar-refractivity contribution >= 4 is 29.4 Å². The van der Waals surface area contributed by atoms with Crippen LogP contribution in [0.4, 0.5) is 14.9 Å². The summed E-state index contributed by atoms with van der Waals surface area (Å²) in [4.78, 5) is 29.3. The van der Waals surface area contributed by atoms with E-state index in [4.69, 9.17) is 4.74 Å². The second-order valence-corrected chi connectivity index (χ2v) is 7.70. The molecule has 0 radical (unpaired) electrons. The summed E-state index contributed by atoms with van der Waals surface area (Å²) < 4.78 is 20.3. The molecule has 1 aliphatic rings. The molecule has 0 fully saturated rings. The number of nitrogens with zero attached hydrogens (tertiary/aromatic N) is 1. The number of carbonyl (C=O) groups is 2. The minimum Gasteiger partial charge on any atom is -0.456 e. The lowest BCUT2D eigenvalue weighted by Crippen LogP contribution is -2.35. The predicted molar refractivity (Wildman–Crippen MR) is 112 cm³/mol. The fraction of sp³-hybridized carbons (Fsp3) is 0.136. The molecule has 4 rings (SSSR count). The van der Waals surface area contributed by atoms with Gasteiger partial charge in [0.15, 0.2) is 0 Å². The lowest BCUT2D eigenvalue weighted by Gasteiger charge is -2.11. The van der Waals surface area contributed by atoms with Gasteiger partial charge in [-0.2, -0.15) is 0 Å². The Labute approximate surface area is 176 Å².